The van der Waals surface area contributed by atoms with Crippen LogP contribution >= 0.6 is 0 Å². The second-order valence-electron chi connectivity index (χ2n) is 9.55. The maximum Gasteiger partial charge on any atom is 0.227 e. The van der Waals surface area contributed by atoms with Gasteiger partial charge in [-0.25, -0.2) is 23.1 Å². The number of nitrogens with zero attached hydrogens (tertiary/aromatic N) is 5. The Morgan fingerprint density at radius 2 is 1.86 bits per heavy atom. The fourth-order valence-corrected chi connectivity index (χ4v) is 4.80. The van der Waals surface area contributed by atoms with E-state index in [-0.39, 0.29) is 0 Å². The Bertz CT molecular complexity index is 1160. The molecule has 2 unspecified atom stereocenters. The minimum atomic E-state index is -1.46. The van der Waals surface area contributed by atoms with Crippen molar-refractivity contribution in [2.45, 2.75) is 45.7 Å². The fraction of sp³-hybridized carbons (Fsp3) is 0.480. The van der Waals surface area contributed by atoms with E-state index in [1.807, 2.05) is 0 Å². The summed E-state index contributed by atoms with van der Waals surface area (Å²) in [6.07, 6.45) is 5.83. The van der Waals surface area contributed by atoms with E-state index in [0.717, 1.165) is 81.1 Å². The highest BCUT2D eigenvalue weighted by Crippen LogP contribution is 2.33. The van der Waals surface area contributed by atoms with Crippen LogP contribution in [0.15, 0.2) is 29.2 Å². The SMILES string of the molecule is CC1CCc2c(nc(N3CCN(Cc4cocn4)CC3)nc2NC(C)c2cc(F)c(F)c(F)c2)C1. The van der Waals surface area contributed by atoms with Crippen LogP contribution in [0.2, 0.25) is 0 Å². The molecule has 2 aromatic heterocycles. The van der Waals surface area contributed by atoms with Crippen molar-refractivity contribution in [1.29, 1.82) is 0 Å². The molecule has 0 radical (unpaired) electrons. The van der Waals surface area contributed by atoms with Gasteiger partial charge in [0.25, 0.3) is 0 Å². The van der Waals surface area contributed by atoms with Gasteiger partial charge in [0.1, 0.15) is 12.1 Å². The van der Waals surface area contributed by atoms with Crippen LogP contribution in [0.3, 0.4) is 0 Å². The van der Waals surface area contributed by atoms with Gasteiger partial charge >= 0.3 is 0 Å². The highest BCUT2D eigenvalue weighted by molar-refractivity contribution is 5.54. The first-order chi connectivity index (χ1) is 16.9. The smallest absolute Gasteiger partial charge is 0.227 e. The number of nitrogens with one attached hydrogen (secondary N) is 1. The molecule has 2 aliphatic rings. The molecule has 0 amide bonds. The normalized spacial score (nSPS) is 19.5. The Morgan fingerprint density at radius 3 is 2.54 bits per heavy atom. The number of piperazine rings is 1. The van der Waals surface area contributed by atoms with Crippen molar-refractivity contribution in [3.63, 3.8) is 0 Å². The van der Waals surface area contributed by atoms with E-state index in [4.69, 9.17) is 14.4 Å². The van der Waals surface area contributed by atoms with Gasteiger partial charge in [0.2, 0.25) is 5.95 Å². The highest BCUT2D eigenvalue weighted by Gasteiger charge is 2.26. The van der Waals surface area contributed by atoms with Crippen LogP contribution in [0.4, 0.5) is 24.9 Å². The van der Waals surface area contributed by atoms with Crippen molar-refractivity contribution in [2.24, 2.45) is 5.92 Å². The molecule has 186 valence electrons. The summed E-state index contributed by atoms with van der Waals surface area (Å²) in [7, 11) is 0. The zero-order chi connectivity index (χ0) is 24.5. The fourth-order valence-electron chi connectivity index (χ4n) is 4.80. The van der Waals surface area contributed by atoms with Crippen LogP contribution in [0.1, 0.15) is 48.8 Å². The quantitative estimate of drug-likeness (QED) is 0.515. The van der Waals surface area contributed by atoms with E-state index in [1.165, 1.54) is 6.39 Å². The number of anilines is 2. The van der Waals surface area contributed by atoms with E-state index in [9.17, 15) is 13.2 Å². The summed E-state index contributed by atoms with van der Waals surface area (Å²) in [5.74, 6) is -1.99. The lowest BCUT2D eigenvalue weighted by Crippen LogP contribution is -2.46. The molecule has 2 atom stereocenters. The third kappa shape index (κ3) is 5.12. The minimum absolute atomic E-state index is 0.320. The predicted octanol–water partition coefficient (Wildman–Crippen LogP) is 4.50. The van der Waals surface area contributed by atoms with Crippen molar-refractivity contribution in [1.82, 2.24) is 19.9 Å². The van der Waals surface area contributed by atoms with Crippen molar-refractivity contribution in [2.75, 3.05) is 36.4 Å². The van der Waals surface area contributed by atoms with E-state index < -0.39 is 23.5 Å². The Balaban J connectivity index is 1.37. The second kappa shape index (κ2) is 9.85. The van der Waals surface area contributed by atoms with Gasteiger partial charge in [-0.1, -0.05) is 6.92 Å². The molecule has 1 saturated heterocycles. The lowest BCUT2D eigenvalue weighted by atomic mass is 9.88. The average Bonchev–Trinajstić information content (AvgIpc) is 3.35. The van der Waals surface area contributed by atoms with Crippen LogP contribution in [-0.2, 0) is 19.4 Å². The Labute approximate surface area is 202 Å². The van der Waals surface area contributed by atoms with Crippen LogP contribution in [0.25, 0.3) is 0 Å². The van der Waals surface area contributed by atoms with Crippen LogP contribution in [-0.4, -0.2) is 46.0 Å². The molecular formula is C25H29F3N6O. The number of fused-ring (bicyclic) bond motifs is 1. The van der Waals surface area contributed by atoms with Gasteiger partial charge in [0.15, 0.2) is 23.8 Å². The summed E-state index contributed by atoms with van der Waals surface area (Å²) in [5.41, 5.74) is 3.30. The highest BCUT2D eigenvalue weighted by atomic mass is 19.2. The molecule has 0 bridgehead atoms. The first-order valence-electron chi connectivity index (χ1n) is 12.0. The lowest BCUT2D eigenvalue weighted by Gasteiger charge is -2.35. The van der Waals surface area contributed by atoms with Crippen LogP contribution < -0.4 is 10.2 Å². The summed E-state index contributed by atoms with van der Waals surface area (Å²) in [6, 6.07) is 1.59. The molecule has 1 aliphatic carbocycles. The van der Waals surface area contributed by atoms with Gasteiger partial charge < -0.3 is 14.6 Å². The first kappa shape index (κ1) is 23.6. The third-order valence-corrected chi connectivity index (χ3v) is 6.89. The van der Waals surface area contributed by atoms with Crippen LogP contribution in [0, 0.1) is 23.4 Å². The van der Waals surface area contributed by atoms with Crippen molar-refractivity contribution in [3.8, 4) is 0 Å². The lowest BCUT2D eigenvalue weighted by molar-refractivity contribution is 0.245. The van der Waals surface area contributed by atoms with Gasteiger partial charge in [0.05, 0.1) is 17.4 Å². The van der Waals surface area contributed by atoms with E-state index in [2.05, 4.69) is 27.0 Å². The van der Waals surface area contributed by atoms with E-state index >= 15 is 0 Å². The Morgan fingerprint density at radius 1 is 1.11 bits per heavy atom. The summed E-state index contributed by atoms with van der Waals surface area (Å²) < 4.78 is 46.2. The summed E-state index contributed by atoms with van der Waals surface area (Å²) >= 11 is 0. The Hall–Kier alpha value is -3.14. The zero-order valence-electron chi connectivity index (χ0n) is 19.9. The molecule has 1 aliphatic heterocycles. The molecule has 1 aromatic carbocycles. The van der Waals surface area contributed by atoms with Gasteiger partial charge in [-0.2, -0.15) is 4.98 Å². The third-order valence-electron chi connectivity index (χ3n) is 6.89. The number of benzene rings is 1. The molecule has 0 spiro atoms. The molecule has 3 heterocycles. The number of hydrogen-bond acceptors (Lipinski definition) is 7. The summed E-state index contributed by atoms with van der Waals surface area (Å²) in [6.45, 7) is 7.97. The summed E-state index contributed by atoms with van der Waals surface area (Å²) in [5, 5.41) is 3.33. The standard InChI is InChI=1S/C25H29F3N6O/c1-15-3-4-19-22(9-15)31-25(34-7-5-33(6-8-34)12-18-13-35-14-29-18)32-24(19)30-16(2)17-10-20(26)23(28)21(27)11-17/h10-11,13-16H,3-9,12H2,1-2H3,(H,30,31,32). The van der Waals surface area contributed by atoms with Crippen LogP contribution in [0.5, 0.6) is 0 Å². The molecule has 7 nitrogen and oxygen atoms in total. The molecule has 1 N–H and O–H groups in total. The number of aromatic nitrogens is 3. The van der Waals surface area contributed by atoms with E-state index in [1.54, 1.807) is 13.2 Å². The first-order valence-corrected chi connectivity index (χ1v) is 12.0. The number of hydrogen-bond donors (Lipinski definition) is 1. The molecule has 10 heteroatoms. The molecular weight excluding hydrogens is 457 g/mol. The molecule has 3 aromatic rings. The number of rotatable bonds is 6. The number of halogens is 3. The zero-order valence-corrected chi connectivity index (χ0v) is 19.9. The molecule has 0 saturated carbocycles. The summed E-state index contributed by atoms with van der Waals surface area (Å²) in [4.78, 5) is 18.5. The maximum atomic E-state index is 13.8. The molecule has 1 fully saturated rings. The topological polar surface area (TPSA) is 70.3 Å². The molecule has 5 rings (SSSR count). The largest absolute Gasteiger partial charge is 0.451 e. The maximum absolute atomic E-state index is 13.8. The van der Waals surface area contributed by atoms with Gasteiger partial charge in [-0.05, 0) is 49.8 Å². The van der Waals surface area contributed by atoms with Gasteiger partial charge in [-0.15, -0.1) is 0 Å². The van der Waals surface area contributed by atoms with E-state index in [0.29, 0.717) is 23.2 Å². The minimum Gasteiger partial charge on any atom is -0.451 e. The predicted molar refractivity (Wildman–Crippen MR) is 126 cm³/mol. The van der Waals surface area contributed by atoms with Crippen molar-refractivity contribution >= 4 is 11.8 Å². The van der Waals surface area contributed by atoms with Crippen molar-refractivity contribution in [3.05, 3.63) is 64.8 Å². The van der Waals surface area contributed by atoms with Gasteiger partial charge in [0, 0.05) is 38.3 Å². The van der Waals surface area contributed by atoms with Crippen molar-refractivity contribution < 1.29 is 17.6 Å². The second-order valence-corrected chi connectivity index (χ2v) is 9.55. The Kier molecular flexibility index (Phi) is 6.64. The van der Waals surface area contributed by atoms with Gasteiger partial charge in [-0.3, -0.25) is 4.90 Å². The average molecular weight is 487 g/mol. The molecule has 35 heavy (non-hydrogen) atoms. The monoisotopic (exact) mass is 486 g/mol. The number of oxazole rings is 1.